The molecule has 3 N–H and O–H groups in total. The number of aliphatic hydroxyl groups excluding tert-OH is 1. The van der Waals surface area contributed by atoms with Crippen LogP contribution < -0.4 is 5.32 Å². The van der Waals surface area contributed by atoms with Gasteiger partial charge in [-0.2, -0.15) is 0 Å². The van der Waals surface area contributed by atoms with Gasteiger partial charge in [0.05, 0.1) is 11.5 Å². The molecule has 0 saturated carbocycles. The summed E-state index contributed by atoms with van der Waals surface area (Å²) in [6.07, 6.45) is 0.332. The molecule has 2 aromatic heterocycles. The Morgan fingerprint density at radius 3 is 2.42 bits per heavy atom. The van der Waals surface area contributed by atoms with E-state index in [1.54, 1.807) is 0 Å². The normalized spacial score (nSPS) is 13.7. The van der Waals surface area contributed by atoms with Gasteiger partial charge < -0.3 is 15.5 Å². The number of rotatable bonds is 6. The van der Waals surface area contributed by atoms with Gasteiger partial charge in [0.1, 0.15) is 17.0 Å². The van der Waals surface area contributed by atoms with Crippen LogP contribution in [0.1, 0.15) is 32.3 Å². The summed E-state index contributed by atoms with van der Waals surface area (Å²) in [5, 5.41) is 24.7. The molecule has 0 radical (unpaired) electrons. The van der Waals surface area contributed by atoms with Crippen LogP contribution in [-0.4, -0.2) is 38.3 Å². The first-order valence-corrected chi connectivity index (χ1v) is 9.26. The van der Waals surface area contributed by atoms with Gasteiger partial charge in [0.15, 0.2) is 6.04 Å². The second kappa shape index (κ2) is 7.39. The summed E-state index contributed by atoms with van der Waals surface area (Å²) in [5.41, 5.74) is 3.21. The van der Waals surface area contributed by atoms with E-state index in [4.69, 9.17) is 0 Å². The minimum absolute atomic E-state index is 0.410. The van der Waals surface area contributed by atoms with Gasteiger partial charge in [0.2, 0.25) is 0 Å². The minimum atomic E-state index is -1.15. The molecule has 2 unspecified atom stereocenters. The summed E-state index contributed by atoms with van der Waals surface area (Å²) in [5.74, 6) is -0.275. The monoisotopic (exact) mass is 371 g/mol. The van der Waals surface area contributed by atoms with E-state index in [0.717, 1.165) is 21.3 Å². The average Bonchev–Trinajstić information content (AvgIpc) is 3.04. The summed E-state index contributed by atoms with van der Waals surface area (Å²) < 4.78 is 0. The number of carbonyl (C=O) groups is 1. The molecule has 0 spiro atoms. The largest absolute Gasteiger partial charge is 0.480 e. The predicted octanol–water partition coefficient (Wildman–Crippen LogP) is 3.73. The van der Waals surface area contributed by atoms with Crippen LogP contribution in [0.4, 0.5) is 5.82 Å². The van der Waals surface area contributed by atoms with E-state index in [-0.39, 0.29) is 0 Å². The molecule has 2 heterocycles. The zero-order valence-electron chi connectivity index (χ0n) is 14.8. The molecule has 2 atom stereocenters. The minimum Gasteiger partial charge on any atom is -0.480 e. The van der Waals surface area contributed by atoms with Gasteiger partial charge >= 0.3 is 5.97 Å². The van der Waals surface area contributed by atoms with Crippen molar-refractivity contribution in [1.82, 2.24) is 9.97 Å². The van der Waals surface area contributed by atoms with Crippen LogP contribution in [0.15, 0.2) is 36.0 Å². The van der Waals surface area contributed by atoms with Crippen LogP contribution in [0.2, 0.25) is 0 Å². The second-order valence-corrected chi connectivity index (χ2v) is 7.39. The lowest BCUT2D eigenvalue weighted by Crippen LogP contribution is -2.39. The zero-order chi connectivity index (χ0) is 18.8. The molecule has 0 fully saturated rings. The molecular weight excluding hydrogens is 350 g/mol. The summed E-state index contributed by atoms with van der Waals surface area (Å²) in [7, 11) is 0. The van der Waals surface area contributed by atoms with Crippen LogP contribution in [-0.2, 0) is 4.79 Å². The fraction of sp³-hybridized carbons (Fsp3) is 0.316. The van der Waals surface area contributed by atoms with E-state index >= 15 is 0 Å². The summed E-state index contributed by atoms with van der Waals surface area (Å²) in [6, 6.07) is 7.14. The smallest absolute Gasteiger partial charge is 0.328 e. The van der Waals surface area contributed by atoms with Crippen molar-refractivity contribution in [3.05, 3.63) is 41.5 Å². The van der Waals surface area contributed by atoms with Crippen LogP contribution in [0.5, 0.6) is 0 Å². The highest BCUT2D eigenvalue weighted by Gasteiger charge is 2.25. The molecule has 6 nitrogen and oxygen atoms in total. The number of carboxylic acids is 1. The van der Waals surface area contributed by atoms with E-state index in [1.807, 2.05) is 5.38 Å². The Bertz CT molecular complexity index is 919. The zero-order valence-corrected chi connectivity index (χ0v) is 15.6. The number of nitrogens with one attached hydrogen (secondary N) is 1. The number of fused-ring (bicyclic) bond motifs is 1. The van der Waals surface area contributed by atoms with Gasteiger partial charge in [-0.05, 0) is 24.0 Å². The maximum absolute atomic E-state index is 11.4. The molecule has 3 rings (SSSR count). The first kappa shape index (κ1) is 18.3. The number of carboxylic acid groups (broad SMARTS) is 1. The van der Waals surface area contributed by atoms with Crippen molar-refractivity contribution in [3.63, 3.8) is 0 Å². The standard InChI is InChI=1S/C19H21N3O3S/c1-10(2)12-4-6-13(7-5-12)14-8-26-18-15(14)17(20-9-21-18)22-16(11(3)23)19(24)25/h4-11,16,23H,1-3H3,(H,24,25)(H,20,21,22). The fourth-order valence-electron chi connectivity index (χ4n) is 2.78. The molecule has 136 valence electrons. The fourth-order valence-corrected chi connectivity index (χ4v) is 3.70. The molecule has 3 aromatic rings. The van der Waals surface area contributed by atoms with E-state index in [9.17, 15) is 15.0 Å². The topological polar surface area (TPSA) is 95.3 Å². The third kappa shape index (κ3) is 3.54. The maximum Gasteiger partial charge on any atom is 0.328 e. The molecule has 0 aliphatic carbocycles. The summed E-state index contributed by atoms with van der Waals surface area (Å²) in [6.45, 7) is 5.73. The molecular formula is C19H21N3O3S. The van der Waals surface area contributed by atoms with Gasteiger partial charge in [-0.3, -0.25) is 0 Å². The number of aliphatic carboxylic acids is 1. The van der Waals surface area contributed by atoms with Crippen LogP contribution in [0, 0.1) is 0 Å². The van der Waals surface area contributed by atoms with Crippen molar-refractivity contribution in [1.29, 1.82) is 0 Å². The highest BCUT2D eigenvalue weighted by molar-refractivity contribution is 7.17. The predicted molar refractivity (Wildman–Crippen MR) is 104 cm³/mol. The van der Waals surface area contributed by atoms with Crippen LogP contribution in [0.3, 0.4) is 0 Å². The lowest BCUT2D eigenvalue weighted by molar-refractivity contribution is -0.140. The Morgan fingerprint density at radius 2 is 1.85 bits per heavy atom. The van der Waals surface area contributed by atoms with Crippen molar-refractivity contribution in [3.8, 4) is 11.1 Å². The van der Waals surface area contributed by atoms with Gasteiger partial charge in [-0.1, -0.05) is 38.1 Å². The van der Waals surface area contributed by atoms with Crippen molar-refractivity contribution < 1.29 is 15.0 Å². The summed E-state index contributed by atoms with van der Waals surface area (Å²) >= 11 is 1.48. The van der Waals surface area contributed by atoms with Crippen molar-refractivity contribution >= 4 is 33.3 Å². The van der Waals surface area contributed by atoms with Gasteiger partial charge in [0.25, 0.3) is 0 Å². The Hall–Kier alpha value is -2.51. The number of thiophene rings is 1. The molecule has 0 saturated heterocycles. The molecule has 0 bridgehead atoms. The maximum atomic E-state index is 11.4. The lowest BCUT2D eigenvalue weighted by atomic mass is 9.99. The van der Waals surface area contributed by atoms with Gasteiger partial charge in [-0.15, -0.1) is 11.3 Å². The number of anilines is 1. The Labute approximate surface area is 155 Å². The first-order chi connectivity index (χ1) is 12.4. The Balaban J connectivity index is 2.06. The quantitative estimate of drug-likeness (QED) is 0.611. The third-order valence-corrected chi connectivity index (χ3v) is 5.19. The van der Waals surface area contributed by atoms with E-state index in [1.165, 1.54) is 30.2 Å². The van der Waals surface area contributed by atoms with E-state index in [0.29, 0.717) is 11.7 Å². The van der Waals surface area contributed by atoms with Crippen LogP contribution >= 0.6 is 11.3 Å². The average molecular weight is 371 g/mol. The van der Waals surface area contributed by atoms with Crippen molar-refractivity contribution in [2.24, 2.45) is 0 Å². The number of hydrogen-bond donors (Lipinski definition) is 3. The number of nitrogens with zero attached hydrogens (tertiary/aromatic N) is 2. The van der Waals surface area contributed by atoms with Crippen LogP contribution in [0.25, 0.3) is 21.3 Å². The number of benzene rings is 1. The molecule has 1 aromatic carbocycles. The highest BCUT2D eigenvalue weighted by atomic mass is 32.1. The third-order valence-electron chi connectivity index (χ3n) is 4.30. The number of aromatic nitrogens is 2. The van der Waals surface area contributed by atoms with Crippen molar-refractivity contribution in [2.45, 2.75) is 38.8 Å². The number of aliphatic hydroxyl groups is 1. The first-order valence-electron chi connectivity index (χ1n) is 8.38. The molecule has 0 aliphatic rings. The van der Waals surface area contributed by atoms with Gasteiger partial charge in [0, 0.05) is 10.9 Å². The Kier molecular flexibility index (Phi) is 5.20. The lowest BCUT2D eigenvalue weighted by Gasteiger charge is -2.18. The molecule has 0 aliphatic heterocycles. The second-order valence-electron chi connectivity index (χ2n) is 6.53. The molecule has 26 heavy (non-hydrogen) atoms. The van der Waals surface area contributed by atoms with E-state index < -0.39 is 18.1 Å². The SMILES string of the molecule is CC(C)c1ccc(-c2csc3ncnc(NC(C(=O)O)C(C)O)c23)cc1. The molecule has 0 amide bonds. The van der Waals surface area contributed by atoms with Gasteiger partial charge in [-0.25, -0.2) is 14.8 Å². The van der Waals surface area contributed by atoms with Crippen molar-refractivity contribution in [2.75, 3.05) is 5.32 Å². The number of hydrogen-bond acceptors (Lipinski definition) is 6. The molecule has 7 heteroatoms. The van der Waals surface area contributed by atoms with E-state index in [2.05, 4.69) is 53.4 Å². The Morgan fingerprint density at radius 1 is 1.15 bits per heavy atom. The highest BCUT2D eigenvalue weighted by Crippen LogP contribution is 2.37. The summed E-state index contributed by atoms with van der Waals surface area (Å²) in [4.78, 5) is 20.7.